The second-order valence-corrected chi connectivity index (χ2v) is 3.68. The van der Waals surface area contributed by atoms with Gasteiger partial charge in [-0.25, -0.2) is 0 Å². The van der Waals surface area contributed by atoms with E-state index in [0.717, 1.165) is 22.4 Å². The van der Waals surface area contributed by atoms with E-state index in [2.05, 4.69) is 6.58 Å². The number of methoxy groups -OCH3 is 1. The highest BCUT2D eigenvalue weighted by atomic mass is 16.5. The van der Waals surface area contributed by atoms with Crippen molar-refractivity contribution in [2.75, 3.05) is 7.11 Å². The number of aliphatic carboxylic acids is 1. The molecule has 3 heteroatoms. The van der Waals surface area contributed by atoms with E-state index in [0.29, 0.717) is 6.42 Å². The summed E-state index contributed by atoms with van der Waals surface area (Å²) < 4.78 is 5.15. The van der Waals surface area contributed by atoms with Crippen LogP contribution in [0, 0.1) is 6.92 Å². The minimum atomic E-state index is -0.800. The van der Waals surface area contributed by atoms with Crippen molar-refractivity contribution in [3.8, 4) is 5.75 Å². The molecule has 1 aromatic rings. The van der Waals surface area contributed by atoms with Gasteiger partial charge in [-0.05, 0) is 42.2 Å². The first kappa shape index (κ1) is 12.3. The van der Waals surface area contributed by atoms with Gasteiger partial charge in [-0.15, -0.1) is 0 Å². The molecule has 0 aliphatic carbocycles. The first-order valence-electron chi connectivity index (χ1n) is 5.09. The van der Waals surface area contributed by atoms with Crippen molar-refractivity contribution in [2.45, 2.75) is 19.8 Å². The molecule has 0 atom stereocenters. The molecule has 0 aliphatic rings. The lowest BCUT2D eigenvalue weighted by Crippen LogP contribution is -1.95. The zero-order valence-corrected chi connectivity index (χ0v) is 9.62. The first-order chi connectivity index (χ1) is 7.54. The third-order valence-electron chi connectivity index (χ3n) is 2.44. The molecular weight excluding hydrogens is 204 g/mol. The van der Waals surface area contributed by atoms with Gasteiger partial charge in [-0.3, -0.25) is 4.79 Å². The maximum atomic E-state index is 10.4. The third kappa shape index (κ3) is 3.12. The number of carboxylic acids is 1. The van der Waals surface area contributed by atoms with Crippen molar-refractivity contribution < 1.29 is 14.6 Å². The molecule has 0 heterocycles. The molecule has 86 valence electrons. The van der Waals surface area contributed by atoms with E-state index in [4.69, 9.17) is 9.84 Å². The van der Waals surface area contributed by atoms with Crippen LogP contribution in [0.3, 0.4) is 0 Å². The standard InChI is InChI=1S/C13H16O3/c1-9(4-7-13(14)15)11-5-6-12(16-3)10(2)8-11/h5-6,8H,1,4,7H2,2-3H3,(H,14,15). The summed E-state index contributed by atoms with van der Waals surface area (Å²) in [7, 11) is 1.63. The van der Waals surface area contributed by atoms with Crippen LogP contribution in [0.2, 0.25) is 0 Å². The minimum absolute atomic E-state index is 0.115. The van der Waals surface area contributed by atoms with Crippen molar-refractivity contribution in [1.29, 1.82) is 0 Å². The molecule has 0 radical (unpaired) electrons. The highest BCUT2D eigenvalue weighted by molar-refractivity contribution is 5.72. The Labute approximate surface area is 95.4 Å². The molecule has 0 saturated heterocycles. The summed E-state index contributed by atoms with van der Waals surface area (Å²) in [5, 5.41) is 8.58. The summed E-state index contributed by atoms with van der Waals surface area (Å²) in [4.78, 5) is 10.4. The first-order valence-corrected chi connectivity index (χ1v) is 5.09. The van der Waals surface area contributed by atoms with Crippen LogP contribution in [-0.2, 0) is 4.79 Å². The Morgan fingerprint density at radius 3 is 2.62 bits per heavy atom. The Hall–Kier alpha value is -1.77. The Kier molecular flexibility index (Phi) is 4.11. The number of rotatable bonds is 5. The van der Waals surface area contributed by atoms with Crippen molar-refractivity contribution in [3.63, 3.8) is 0 Å². The molecule has 0 unspecified atom stereocenters. The van der Waals surface area contributed by atoms with E-state index in [1.165, 1.54) is 0 Å². The van der Waals surface area contributed by atoms with Gasteiger partial charge in [-0.1, -0.05) is 12.6 Å². The van der Waals surface area contributed by atoms with Crippen LogP contribution in [-0.4, -0.2) is 18.2 Å². The number of hydrogen-bond acceptors (Lipinski definition) is 2. The Bertz CT molecular complexity index is 408. The van der Waals surface area contributed by atoms with E-state index in [-0.39, 0.29) is 6.42 Å². The number of allylic oxidation sites excluding steroid dienone is 1. The predicted octanol–water partition coefficient (Wildman–Crippen LogP) is 2.88. The van der Waals surface area contributed by atoms with Crippen molar-refractivity contribution in [2.24, 2.45) is 0 Å². The minimum Gasteiger partial charge on any atom is -0.496 e. The highest BCUT2D eigenvalue weighted by Gasteiger charge is 2.05. The van der Waals surface area contributed by atoms with E-state index in [1.54, 1.807) is 7.11 Å². The normalized spacial score (nSPS) is 9.88. The monoisotopic (exact) mass is 220 g/mol. The quantitative estimate of drug-likeness (QED) is 0.829. The highest BCUT2D eigenvalue weighted by Crippen LogP contribution is 2.24. The Balaban J connectivity index is 2.77. The molecule has 3 nitrogen and oxygen atoms in total. The van der Waals surface area contributed by atoms with Crippen LogP contribution in [0.25, 0.3) is 5.57 Å². The maximum Gasteiger partial charge on any atom is 0.303 e. The van der Waals surface area contributed by atoms with E-state index in [9.17, 15) is 4.79 Å². The fourth-order valence-corrected chi connectivity index (χ4v) is 1.50. The summed E-state index contributed by atoms with van der Waals surface area (Å²) >= 11 is 0. The second-order valence-electron chi connectivity index (χ2n) is 3.68. The van der Waals surface area contributed by atoms with Crippen LogP contribution >= 0.6 is 0 Å². The van der Waals surface area contributed by atoms with Gasteiger partial charge in [0.05, 0.1) is 7.11 Å². The molecule has 1 aromatic carbocycles. The Morgan fingerprint density at radius 1 is 1.44 bits per heavy atom. The average Bonchev–Trinajstić information content (AvgIpc) is 2.25. The van der Waals surface area contributed by atoms with Crippen LogP contribution in [0.1, 0.15) is 24.0 Å². The van der Waals surface area contributed by atoms with Gasteiger partial charge in [0, 0.05) is 6.42 Å². The van der Waals surface area contributed by atoms with Crippen LogP contribution in [0.4, 0.5) is 0 Å². The lowest BCUT2D eigenvalue weighted by Gasteiger charge is -2.09. The molecule has 0 spiro atoms. The molecule has 1 rings (SSSR count). The van der Waals surface area contributed by atoms with Crippen LogP contribution in [0.15, 0.2) is 24.8 Å². The summed E-state index contributed by atoms with van der Waals surface area (Å²) in [6.45, 7) is 5.84. The zero-order chi connectivity index (χ0) is 12.1. The number of benzene rings is 1. The van der Waals surface area contributed by atoms with Gasteiger partial charge in [0.1, 0.15) is 5.75 Å². The smallest absolute Gasteiger partial charge is 0.303 e. The number of hydrogen-bond donors (Lipinski definition) is 1. The number of ether oxygens (including phenoxy) is 1. The number of carbonyl (C=O) groups is 1. The van der Waals surface area contributed by atoms with Gasteiger partial charge in [0.15, 0.2) is 0 Å². The van der Waals surface area contributed by atoms with Crippen molar-refractivity contribution >= 4 is 11.5 Å². The molecule has 0 amide bonds. The fraction of sp³-hybridized carbons (Fsp3) is 0.308. The largest absolute Gasteiger partial charge is 0.496 e. The SMILES string of the molecule is C=C(CCC(=O)O)c1ccc(OC)c(C)c1. The molecular formula is C13H16O3. The van der Waals surface area contributed by atoms with Crippen LogP contribution < -0.4 is 4.74 Å². The lowest BCUT2D eigenvalue weighted by molar-refractivity contribution is -0.136. The van der Waals surface area contributed by atoms with Crippen molar-refractivity contribution in [3.05, 3.63) is 35.9 Å². The van der Waals surface area contributed by atoms with Gasteiger partial charge >= 0.3 is 5.97 Å². The average molecular weight is 220 g/mol. The van der Waals surface area contributed by atoms with Crippen LogP contribution in [0.5, 0.6) is 5.75 Å². The molecule has 0 saturated carbocycles. The third-order valence-corrected chi connectivity index (χ3v) is 2.44. The second kappa shape index (κ2) is 5.35. The van der Waals surface area contributed by atoms with Gasteiger partial charge in [0.25, 0.3) is 0 Å². The lowest BCUT2D eigenvalue weighted by atomic mass is 10.0. The maximum absolute atomic E-state index is 10.4. The van der Waals surface area contributed by atoms with Crippen molar-refractivity contribution in [1.82, 2.24) is 0 Å². The molecule has 1 N–H and O–H groups in total. The Morgan fingerprint density at radius 2 is 2.12 bits per heavy atom. The molecule has 0 bridgehead atoms. The molecule has 0 fully saturated rings. The molecule has 0 aliphatic heterocycles. The summed E-state index contributed by atoms with van der Waals surface area (Å²) in [6.07, 6.45) is 0.588. The molecule has 16 heavy (non-hydrogen) atoms. The topological polar surface area (TPSA) is 46.5 Å². The summed E-state index contributed by atoms with van der Waals surface area (Å²) in [6, 6.07) is 5.73. The summed E-state index contributed by atoms with van der Waals surface area (Å²) in [5.41, 5.74) is 2.84. The van der Waals surface area contributed by atoms with Gasteiger partial charge < -0.3 is 9.84 Å². The van der Waals surface area contributed by atoms with E-state index < -0.39 is 5.97 Å². The number of aryl methyl sites for hydroxylation is 1. The predicted molar refractivity (Wildman–Crippen MR) is 63.6 cm³/mol. The zero-order valence-electron chi connectivity index (χ0n) is 9.62. The fourth-order valence-electron chi connectivity index (χ4n) is 1.50. The van der Waals surface area contributed by atoms with Gasteiger partial charge in [0.2, 0.25) is 0 Å². The number of carboxylic acid groups (broad SMARTS) is 1. The summed E-state index contributed by atoms with van der Waals surface area (Å²) in [5.74, 6) is 0.0289. The van der Waals surface area contributed by atoms with E-state index >= 15 is 0 Å². The van der Waals surface area contributed by atoms with Gasteiger partial charge in [-0.2, -0.15) is 0 Å². The van der Waals surface area contributed by atoms with E-state index in [1.807, 2.05) is 25.1 Å². The molecule has 0 aromatic heterocycles.